The van der Waals surface area contributed by atoms with Crippen molar-refractivity contribution < 1.29 is 133 Å². The minimum absolute atomic E-state index is 0. The van der Waals surface area contributed by atoms with E-state index in [4.69, 9.17) is 27.5 Å². The maximum absolute atomic E-state index is 14.3. The van der Waals surface area contributed by atoms with Crippen molar-refractivity contribution in [3.8, 4) is 11.5 Å². The molecular weight excluding hydrogens is 1510 g/mol. The molecule has 0 radical (unpaired) electrons. The van der Waals surface area contributed by atoms with Crippen LogP contribution in [0.1, 0.15) is 128 Å². The minimum Gasteiger partial charge on any atom is -0.857 e. The number of esters is 1. The Bertz CT molecular complexity index is 3420. The number of rotatable bonds is 9. The molecule has 0 aromatic carbocycles. The third-order valence-corrected chi connectivity index (χ3v) is 14.3. The molecule has 44 heteroatoms. The van der Waals surface area contributed by atoms with Crippen LogP contribution in [0.5, 0.6) is 0 Å². The summed E-state index contributed by atoms with van der Waals surface area (Å²) < 4.78 is 247. The largest absolute Gasteiger partial charge is 1.00 e. The number of alkyl halides is 8. The van der Waals surface area contributed by atoms with Gasteiger partial charge < -0.3 is 42.5 Å². The Morgan fingerprint density at radius 1 is 0.500 bits per heavy atom. The van der Waals surface area contributed by atoms with E-state index < -0.39 is 106 Å². The van der Waals surface area contributed by atoms with Gasteiger partial charge >= 0.3 is 35.5 Å². The fraction of sp³-hybridized carbons (Fsp3) is 0.483. The summed E-state index contributed by atoms with van der Waals surface area (Å²) in [6.45, 7) is 0. The molecule has 0 bridgehead atoms. The van der Waals surface area contributed by atoms with Crippen LogP contribution < -0.4 is 85.0 Å². The first kappa shape index (κ1) is 98.4. The van der Waals surface area contributed by atoms with Gasteiger partial charge in [-0.15, -0.1) is 0 Å². The molecule has 6 aromatic rings. The third kappa shape index (κ3) is 36.8. The number of halogens is 20. The maximum atomic E-state index is 14.3. The van der Waals surface area contributed by atoms with Gasteiger partial charge in [0.1, 0.15) is 10.3 Å². The Morgan fingerprint density at radius 2 is 0.837 bits per heavy atom. The number of ether oxygens (including phenoxy) is 1. The zero-order valence-corrected chi connectivity index (χ0v) is 58.1. The number of hydrogen-bond donors (Lipinski definition) is 10. The molecule has 15 N–H and O–H groups in total. The predicted molar refractivity (Wildman–Crippen MR) is 345 cm³/mol. The number of nitrogens with zero attached hydrogens (tertiary/aromatic N) is 10. The number of hydrogen-bond acceptors (Lipinski definition) is 20. The number of methoxy groups -OCH3 is 1. The normalized spacial score (nSPS) is 16.4. The topological polar surface area (TPSA) is 376 Å². The smallest absolute Gasteiger partial charge is 0.857 e. The maximum Gasteiger partial charge on any atom is 1.00 e. The fourth-order valence-corrected chi connectivity index (χ4v) is 9.09. The van der Waals surface area contributed by atoms with E-state index >= 15 is 0 Å². The second-order valence-electron chi connectivity index (χ2n) is 21.0. The summed E-state index contributed by atoms with van der Waals surface area (Å²) in [5.74, 6) is -9.28. The van der Waals surface area contributed by atoms with Crippen molar-refractivity contribution >= 4 is 51.5 Å². The van der Waals surface area contributed by atoms with Crippen LogP contribution in [0.25, 0.3) is 11.5 Å². The van der Waals surface area contributed by atoms with E-state index in [1.807, 2.05) is 5.43 Å². The Labute approximate surface area is 615 Å². The Kier molecular flexibility index (Phi) is 45.8. The van der Waals surface area contributed by atoms with Crippen LogP contribution >= 0.6 is 15.9 Å². The van der Waals surface area contributed by atoms with Gasteiger partial charge in [-0.05, 0) is 128 Å². The molecule has 0 saturated heterocycles. The first-order chi connectivity index (χ1) is 47.5. The number of nitrogen functional groups attached to an aromatic ring is 1. The van der Waals surface area contributed by atoms with Gasteiger partial charge in [-0.1, -0.05) is 14.9 Å². The number of nitrogens with one attached hydrogen (secondary N) is 4. The number of carbonyl (C=O) groups is 1. The second-order valence-corrected chi connectivity index (χ2v) is 21.8. The molecule has 4 aliphatic rings. The van der Waals surface area contributed by atoms with Gasteiger partial charge in [0.2, 0.25) is 65.3 Å². The molecular formula is C60H78BrF19N19NaO4. The number of aromatic nitrogens is 8. The summed E-state index contributed by atoms with van der Waals surface area (Å²) in [4.78, 5) is 46.7. The molecule has 578 valence electrons. The van der Waals surface area contributed by atoms with E-state index in [-0.39, 0.29) is 211 Å². The van der Waals surface area contributed by atoms with Crippen LogP contribution in [-0.2, 0) is 4.74 Å². The average molecular weight is 1590 g/mol. The molecule has 4 saturated carbocycles. The SMILES string of the molecule is C.C.CO.COC(=O)c1nc(F)ccc1F.C[O-].Fc1ccc(F)c(-c2nc(NC3CCC(F)(F)CC3)nc(NC3CCC(F)(F)CC3)n2)n1.Fc1ccc(F)c(Br)n1.Fc1ccc(F)c(F)n1.NC(=NC1CCC(F)(F)CC1)NC(N)=NC1CCC(F)(F)CC1.NN.NNc1nc(F)ccc1F.[Na+]. The van der Waals surface area contributed by atoms with Crippen molar-refractivity contribution in [3.63, 3.8) is 0 Å². The van der Waals surface area contributed by atoms with Crippen LogP contribution in [0.2, 0.25) is 0 Å². The number of hydrazine groups is 2. The van der Waals surface area contributed by atoms with Gasteiger partial charge in [0.15, 0.2) is 58.3 Å². The quantitative estimate of drug-likeness (QED) is 0.00945. The molecule has 10 rings (SSSR count). The van der Waals surface area contributed by atoms with Crippen LogP contribution in [0, 0.1) is 64.8 Å². The zero-order valence-electron chi connectivity index (χ0n) is 54.5. The molecule has 0 amide bonds. The van der Waals surface area contributed by atoms with E-state index in [9.17, 15) is 88.2 Å². The number of aliphatic hydroxyl groups excluding tert-OH is 1. The molecule has 0 aliphatic heterocycles. The van der Waals surface area contributed by atoms with Crippen LogP contribution in [0.15, 0.2) is 75.3 Å². The Morgan fingerprint density at radius 3 is 1.19 bits per heavy atom. The monoisotopic (exact) mass is 1590 g/mol. The third-order valence-electron chi connectivity index (χ3n) is 13.7. The van der Waals surface area contributed by atoms with Gasteiger partial charge in [-0.2, -0.15) is 58.4 Å². The number of pyridine rings is 5. The standard InChI is InChI=1S/C20H22F6N6.C14H23F4N5.C7H5F2NO2.C5H2BrF2N.C5H2F3N.C5H5F2N3.CH4O.CH3O.2CH4.H4N2.Na/c21-13-1-2-14(22)29-15(13)16-30-17(27-11-3-7-19(23,24)8-4-11)32-18(31-16)28-12-5-9-20(25,26)10-6-12;15-13(16)5-1-9(2-6-13)21-11(19)23-12(20)22-10-3-7-14(17,18)8-4-10;1-12-7(11)6-4(8)2-3-5(9)10-6;6-5-3(7)1-2-4(8)9-5;6-3-1-2-4(7)9-5(3)8;6-3-1-2-4(7)9-5(3)10-8;2*1-2;;;1-2;/h1-2,11-12H,3-10H2,(H2,27,28,30,31,32);9-10H,1-8H2,(H5,19,20,21,22,23);2-3H,1H3;2*1-2H;1-2H,8H2,(H,9,10);2H,1H3;1H3;2*1H4;1-2H2;/q;;;;;;;-1;;;;+1. The summed E-state index contributed by atoms with van der Waals surface area (Å²) >= 11 is 2.72. The molecule has 23 nitrogen and oxygen atoms in total. The number of aliphatic imine (C=N–C) groups is 2. The van der Waals surface area contributed by atoms with Gasteiger partial charge in [0.25, 0.3) is 5.95 Å². The summed E-state index contributed by atoms with van der Waals surface area (Å²) in [6, 6.07) is 7.42. The zero-order chi connectivity index (χ0) is 76.4. The molecule has 4 aliphatic carbocycles. The molecule has 0 unspecified atom stereocenters. The fourth-order valence-electron chi connectivity index (χ4n) is 8.79. The van der Waals surface area contributed by atoms with Gasteiger partial charge in [-0.3, -0.25) is 17.0 Å². The van der Waals surface area contributed by atoms with Crippen LogP contribution in [0.3, 0.4) is 0 Å². The first-order valence-corrected chi connectivity index (χ1v) is 30.2. The van der Waals surface area contributed by atoms with Crippen molar-refractivity contribution in [3.05, 3.63) is 136 Å². The summed E-state index contributed by atoms with van der Waals surface area (Å²) in [7, 11) is 2.81. The van der Waals surface area contributed by atoms with Crippen molar-refractivity contribution in [1.29, 1.82) is 0 Å². The average Bonchev–Trinajstić information content (AvgIpc) is 0.806. The Hall–Kier alpha value is -7.68. The Balaban J connectivity index is 0. The minimum atomic E-state index is -2.72. The van der Waals surface area contributed by atoms with E-state index in [1.165, 1.54) is 0 Å². The predicted octanol–water partition coefficient (Wildman–Crippen LogP) is 8.65. The number of carbonyl (C=O) groups excluding carboxylic acids is 1. The van der Waals surface area contributed by atoms with Crippen molar-refractivity contribution in [2.45, 2.75) is 165 Å². The van der Waals surface area contributed by atoms with Gasteiger partial charge in [0, 0.05) is 70.6 Å². The van der Waals surface area contributed by atoms with Crippen molar-refractivity contribution in [2.24, 2.45) is 39.0 Å². The number of nitrogens with two attached hydrogens (primary N) is 5. The van der Waals surface area contributed by atoms with E-state index in [1.54, 1.807) is 0 Å². The number of aliphatic hydroxyl groups is 1. The summed E-state index contributed by atoms with van der Waals surface area (Å²) in [6.07, 6.45) is -0.152. The van der Waals surface area contributed by atoms with Gasteiger partial charge in [-0.25, -0.2) is 92.6 Å². The molecule has 0 spiro atoms. The van der Waals surface area contributed by atoms with E-state index in [0.717, 1.165) is 75.9 Å². The van der Waals surface area contributed by atoms with Crippen LogP contribution in [-0.4, -0.2) is 132 Å². The summed E-state index contributed by atoms with van der Waals surface area (Å²) in [5.41, 5.74) is 12.2. The molecule has 104 heavy (non-hydrogen) atoms. The van der Waals surface area contributed by atoms with Crippen LogP contribution in [0.4, 0.5) is 101 Å². The number of anilines is 3. The summed E-state index contributed by atoms with van der Waals surface area (Å²) in [5, 5.41) is 23.8. The first-order valence-electron chi connectivity index (χ1n) is 29.4. The van der Waals surface area contributed by atoms with E-state index in [0.29, 0.717) is 6.07 Å². The molecule has 4 fully saturated rings. The molecule has 6 heterocycles. The molecule has 6 aromatic heterocycles. The van der Waals surface area contributed by atoms with E-state index in [2.05, 4.69) is 98.2 Å². The molecule has 0 atom stereocenters. The van der Waals surface area contributed by atoms with Crippen molar-refractivity contribution in [1.82, 2.24) is 45.2 Å². The second kappa shape index (κ2) is 48.4. The van der Waals surface area contributed by atoms with Gasteiger partial charge in [0.05, 0.1) is 19.2 Å². The van der Waals surface area contributed by atoms with Crippen molar-refractivity contribution in [2.75, 3.05) is 37.4 Å². The number of guanidine groups is 2.